The van der Waals surface area contributed by atoms with Crippen LogP contribution in [0.5, 0.6) is 0 Å². The molecule has 0 unspecified atom stereocenters. The third-order valence-electron chi connectivity index (χ3n) is 6.09. The fourth-order valence-electron chi connectivity index (χ4n) is 4.36. The molecule has 2 radical (unpaired) electrons. The molecule has 0 amide bonds. The van der Waals surface area contributed by atoms with Crippen LogP contribution in [0, 0.1) is 13.6 Å². The first-order valence-electron chi connectivity index (χ1n) is 14.2. The first kappa shape index (κ1) is 37.5. The van der Waals surface area contributed by atoms with Crippen LogP contribution in [-0.4, -0.2) is 0 Å². The first-order chi connectivity index (χ1) is 21.6. The first-order valence-corrected chi connectivity index (χ1v) is 16.9. The smallest absolute Gasteiger partial charge is 0 e. The van der Waals surface area contributed by atoms with E-state index < -0.39 is 15.8 Å². The minimum atomic E-state index is -0.446. The Kier molecular flexibility index (Phi) is 18.3. The third-order valence-corrected chi connectivity index (χ3v) is 11.0. The molecule has 6 aromatic rings. The van der Waals surface area contributed by atoms with E-state index in [1.807, 2.05) is 6.92 Å². The van der Waals surface area contributed by atoms with Crippen LogP contribution >= 0.6 is 15.8 Å². The van der Waals surface area contributed by atoms with E-state index in [2.05, 4.69) is 202 Å². The van der Waals surface area contributed by atoms with Gasteiger partial charge in [0.1, 0.15) is 0 Å². The van der Waals surface area contributed by atoms with Crippen LogP contribution in [0.25, 0.3) is 0 Å². The van der Waals surface area contributed by atoms with Crippen molar-refractivity contribution >= 4 is 47.7 Å². The minimum absolute atomic E-state index is 0. The molecule has 4 heteroatoms. The van der Waals surface area contributed by atoms with Crippen LogP contribution in [0.2, 0.25) is 0 Å². The van der Waals surface area contributed by atoms with Gasteiger partial charge in [0.2, 0.25) is 0 Å². The summed E-state index contributed by atoms with van der Waals surface area (Å²) in [5, 5.41) is 8.39. The van der Waals surface area contributed by atoms with Gasteiger partial charge >= 0.3 is 11.3 Å². The van der Waals surface area contributed by atoms with Crippen LogP contribution in [-0.2, 0) is 24.8 Å². The van der Waals surface area contributed by atoms with E-state index in [4.69, 9.17) is 4.65 Å². The molecule has 0 saturated heterocycles. The molecule has 0 atom stereocenters. The average Bonchev–Trinajstić information content (AvgIpc) is 3.09. The average molecular weight is 800 g/mol. The van der Waals surface area contributed by atoms with Gasteiger partial charge in [-0.2, -0.15) is 0 Å². The summed E-state index contributed by atoms with van der Waals surface area (Å²) in [7, 11) is -0.892. The largest absolute Gasteiger partial charge is 0.100 e. The van der Waals surface area contributed by atoms with Crippen molar-refractivity contribution in [1.29, 1.82) is 0 Å². The Balaban J connectivity index is 0.000000262. The molecule has 0 fully saturated rings. The summed E-state index contributed by atoms with van der Waals surface area (Å²) in [6.45, 7) is 13.2. The van der Waals surface area contributed by atoms with Gasteiger partial charge in [0.05, 0.1) is 0 Å². The molecule has 0 aliphatic carbocycles. The predicted molar refractivity (Wildman–Crippen MR) is 194 cm³/mol. The molecule has 0 spiro atoms. The fraction of sp³-hybridized carbons (Fsp3) is 0.0244. The SMILES string of the molecule is [C-]#[O+].[CH2]C(=C)C.[Ir].c1ccc(P(c2ccccc2)c2ccccc2)cc1.c1ccc(P(c2ccccc2)c2ccccc2)cc1. The summed E-state index contributed by atoms with van der Waals surface area (Å²) in [5.74, 6) is 0. The van der Waals surface area contributed by atoms with Gasteiger partial charge in [-0.05, 0) is 61.5 Å². The number of rotatable bonds is 6. The fourth-order valence-corrected chi connectivity index (χ4v) is 8.97. The van der Waals surface area contributed by atoms with Gasteiger partial charge in [0.25, 0.3) is 0 Å². The Morgan fingerprint density at radius 1 is 0.400 bits per heavy atom. The molecule has 0 aromatic heterocycles. The van der Waals surface area contributed by atoms with Gasteiger partial charge in [-0.1, -0.05) is 188 Å². The molecule has 6 aromatic carbocycles. The van der Waals surface area contributed by atoms with E-state index in [1.165, 1.54) is 31.8 Å². The summed E-state index contributed by atoms with van der Waals surface area (Å²) >= 11 is 0. The molecule has 1 nitrogen and oxygen atoms in total. The van der Waals surface area contributed by atoms with Crippen molar-refractivity contribution in [2.45, 2.75) is 6.92 Å². The van der Waals surface area contributed by atoms with E-state index in [9.17, 15) is 0 Å². The second kappa shape index (κ2) is 21.9. The molecular formula is C41H37IrOP2. The standard InChI is InChI=1S/2C18H15P.C4H7.CO.Ir/c2*1-4-10-16(11-5-1)19(17-12-6-2-7-13-17)18-14-8-3-9-15-18;1-4(2)3;1-2;/h2*1-15H;1-2H2,3H3;;. The molecule has 0 aliphatic rings. The Hall–Kier alpha value is -3.69. The summed E-state index contributed by atoms with van der Waals surface area (Å²) < 4.78 is 7.50. The molecule has 45 heavy (non-hydrogen) atoms. The minimum Gasteiger partial charge on any atom is -0.100 e. The Labute approximate surface area is 285 Å². The Morgan fingerprint density at radius 3 is 0.622 bits per heavy atom. The molecule has 226 valence electrons. The monoisotopic (exact) mass is 800 g/mol. The van der Waals surface area contributed by atoms with Crippen molar-refractivity contribution in [2.24, 2.45) is 0 Å². The van der Waals surface area contributed by atoms with Gasteiger partial charge in [0, 0.05) is 20.1 Å². The number of benzene rings is 6. The van der Waals surface area contributed by atoms with Crippen molar-refractivity contribution in [3.63, 3.8) is 0 Å². The molecular weight excluding hydrogens is 763 g/mol. The molecule has 0 aliphatic heterocycles. The normalized spacial score (nSPS) is 9.56. The van der Waals surface area contributed by atoms with Crippen LogP contribution in [0.15, 0.2) is 194 Å². The molecule has 0 bridgehead atoms. The van der Waals surface area contributed by atoms with Crippen molar-refractivity contribution in [3.8, 4) is 0 Å². The van der Waals surface area contributed by atoms with Crippen molar-refractivity contribution < 1.29 is 24.8 Å². The number of allylic oxidation sites excluding steroid dienone is 1. The van der Waals surface area contributed by atoms with Crippen molar-refractivity contribution in [1.82, 2.24) is 0 Å². The van der Waals surface area contributed by atoms with E-state index in [1.54, 1.807) is 0 Å². The van der Waals surface area contributed by atoms with Gasteiger partial charge in [-0.3, -0.25) is 0 Å². The molecule has 0 saturated carbocycles. The van der Waals surface area contributed by atoms with Crippen molar-refractivity contribution in [2.75, 3.05) is 0 Å². The Bertz CT molecular complexity index is 1320. The second-order valence-corrected chi connectivity index (χ2v) is 14.1. The molecule has 0 heterocycles. The van der Waals surface area contributed by atoms with Crippen LogP contribution in [0.4, 0.5) is 0 Å². The van der Waals surface area contributed by atoms with E-state index in [-0.39, 0.29) is 20.1 Å². The summed E-state index contributed by atoms with van der Waals surface area (Å²) in [4.78, 5) is 0. The van der Waals surface area contributed by atoms with Crippen LogP contribution in [0.3, 0.4) is 0 Å². The van der Waals surface area contributed by atoms with E-state index in [0.29, 0.717) is 0 Å². The van der Waals surface area contributed by atoms with Gasteiger partial charge < -0.3 is 0 Å². The number of hydrogen-bond acceptors (Lipinski definition) is 0. The van der Waals surface area contributed by atoms with Gasteiger partial charge in [-0.25, -0.2) is 0 Å². The number of hydrogen-bond donors (Lipinski definition) is 0. The second-order valence-electron chi connectivity index (χ2n) is 9.64. The van der Waals surface area contributed by atoms with Gasteiger partial charge in [0.15, 0.2) is 0 Å². The van der Waals surface area contributed by atoms with E-state index in [0.717, 1.165) is 5.57 Å². The summed E-state index contributed by atoms with van der Waals surface area (Å²) in [6, 6.07) is 64.7. The Morgan fingerprint density at radius 2 is 0.511 bits per heavy atom. The summed E-state index contributed by atoms with van der Waals surface area (Å²) in [5.41, 5.74) is 0.917. The van der Waals surface area contributed by atoms with Crippen molar-refractivity contribution in [3.05, 3.63) is 208 Å². The van der Waals surface area contributed by atoms with Crippen LogP contribution < -0.4 is 31.8 Å². The predicted octanol–water partition coefficient (Wildman–Crippen LogP) is 8.25. The quantitative estimate of drug-likeness (QED) is 0.0920. The third kappa shape index (κ3) is 12.7. The topological polar surface area (TPSA) is 19.9 Å². The maximum absolute atomic E-state index is 7.50. The molecule has 6 rings (SSSR count). The molecule has 0 N–H and O–H groups in total. The maximum atomic E-state index is 7.50. The van der Waals surface area contributed by atoms with Crippen LogP contribution in [0.1, 0.15) is 6.92 Å². The van der Waals surface area contributed by atoms with Gasteiger partial charge in [-0.15, -0.1) is 6.58 Å². The maximum Gasteiger partial charge on any atom is 0 e. The van der Waals surface area contributed by atoms with E-state index >= 15 is 0 Å². The zero-order chi connectivity index (χ0) is 31.4. The zero-order valence-corrected chi connectivity index (χ0v) is 29.6. The zero-order valence-electron chi connectivity index (χ0n) is 25.4. The summed E-state index contributed by atoms with van der Waals surface area (Å²) in [6.07, 6.45) is 0.